The van der Waals surface area contributed by atoms with Crippen LogP contribution in [0.2, 0.25) is 0 Å². The van der Waals surface area contributed by atoms with Gasteiger partial charge in [0.25, 0.3) is 5.91 Å². The van der Waals surface area contributed by atoms with Crippen molar-refractivity contribution >= 4 is 17.4 Å². The lowest BCUT2D eigenvalue weighted by molar-refractivity contribution is 0.102. The van der Waals surface area contributed by atoms with E-state index >= 15 is 0 Å². The van der Waals surface area contributed by atoms with Crippen molar-refractivity contribution in [1.29, 1.82) is 0 Å². The summed E-state index contributed by atoms with van der Waals surface area (Å²) in [5, 5.41) is 22.6. The van der Waals surface area contributed by atoms with Gasteiger partial charge in [-0.2, -0.15) is 0 Å². The molecule has 2 N–H and O–H groups in total. The molecule has 0 aliphatic carbocycles. The van der Waals surface area contributed by atoms with Crippen LogP contribution >= 0.6 is 0 Å². The van der Waals surface area contributed by atoms with Crippen LogP contribution in [0.1, 0.15) is 28.6 Å². The number of rotatable bonds is 4. The molecule has 2 aromatic heterocycles. The van der Waals surface area contributed by atoms with Gasteiger partial charge in [0, 0.05) is 24.7 Å². The van der Waals surface area contributed by atoms with E-state index in [1.807, 2.05) is 37.3 Å². The van der Waals surface area contributed by atoms with Crippen molar-refractivity contribution in [2.24, 2.45) is 0 Å². The number of aryl methyl sites for hydroxylation is 2. The Morgan fingerprint density at radius 3 is 2.69 bits per heavy atom. The Morgan fingerprint density at radius 1 is 1.08 bits per heavy atom. The average molecular weight is 349 g/mol. The number of carbonyl (C=O) groups is 1. The average Bonchev–Trinajstić information content (AvgIpc) is 3.04. The van der Waals surface area contributed by atoms with Gasteiger partial charge in [-0.3, -0.25) is 4.79 Å². The summed E-state index contributed by atoms with van der Waals surface area (Å²) in [6.45, 7) is 2.75. The van der Waals surface area contributed by atoms with Gasteiger partial charge in [0.15, 0.2) is 5.69 Å². The highest BCUT2D eigenvalue weighted by Gasteiger charge is 2.21. The van der Waals surface area contributed by atoms with Crippen LogP contribution in [0, 0.1) is 6.92 Å². The van der Waals surface area contributed by atoms with Crippen LogP contribution in [0.25, 0.3) is 0 Å². The first kappa shape index (κ1) is 16.2. The molecule has 132 valence electrons. The van der Waals surface area contributed by atoms with Crippen LogP contribution in [0.5, 0.6) is 0 Å². The molecule has 3 heterocycles. The molecule has 1 aromatic carbocycles. The van der Waals surface area contributed by atoms with Crippen molar-refractivity contribution in [2.75, 3.05) is 10.6 Å². The van der Waals surface area contributed by atoms with E-state index in [1.54, 1.807) is 12.1 Å². The number of amides is 1. The molecule has 0 spiro atoms. The van der Waals surface area contributed by atoms with Crippen molar-refractivity contribution < 1.29 is 4.79 Å². The summed E-state index contributed by atoms with van der Waals surface area (Å²) < 4.78 is 2.12. The molecule has 0 bridgehead atoms. The number of fused-ring (bicyclic) bond motifs is 1. The smallest absolute Gasteiger partial charge is 0.276 e. The third-order valence-electron chi connectivity index (χ3n) is 4.41. The Morgan fingerprint density at radius 2 is 1.92 bits per heavy atom. The molecule has 4 rings (SSSR count). The van der Waals surface area contributed by atoms with E-state index in [1.165, 1.54) is 0 Å². The van der Waals surface area contributed by atoms with Crippen molar-refractivity contribution in [1.82, 2.24) is 25.0 Å². The first-order valence-corrected chi connectivity index (χ1v) is 8.54. The number of nitrogens with zero attached hydrogens (tertiary/aromatic N) is 5. The highest BCUT2D eigenvalue weighted by atomic mass is 16.1. The Balaban J connectivity index is 1.39. The Bertz CT molecular complexity index is 905. The summed E-state index contributed by atoms with van der Waals surface area (Å²) >= 11 is 0. The standard InChI is InChI=1S/C18H19N7O/c1-12-21-24-17-10-7-14(11-25(12)17)19-16-9-8-15(22-23-16)18(26)20-13-5-3-2-4-6-13/h2-6,8-9,14H,7,10-11H2,1H3,(H,19,23)(H,20,26)/t14-/m0/s1. The number of hydrogen-bond acceptors (Lipinski definition) is 6. The zero-order valence-corrected chi connectivity index (χ0v) is 14.4. The molecule has 0 radical (unpaired) electrons. The molecule has 8 heteroatoms. The fraction of sp³-hybridized carbons (Fsp3) is 0.278. The molecule has 0 unspecified atom stereocenters. The minimum absolute atomic E-state index is 0.232. The second-order valence-corrected chi connectivity index (χ2v) is 6.28. The number of benzene rings is 1. The summed E-state index contributed by atoms with van der Waals surface area (Å²) in [5.41, 5.74) is 1.00. The number of carbonyl (C=O) groups excluding carboxylic acids is 1. The van der Waals surface area contributed by atoms with E-state index in [0.29, 0.717) is 5.82 Å². The van der Waals surface area contributed by atoms with E-state index in [-0.39, 0.29) is 17.6 Å². The molecule has 1 atom stereocenters. The van der Waals surface area contributed by atoms with Gasteiger partial charge in [-0.15, -0.1) is 20.4 Å². The monoisotopic (exact) mass is 349 g/mol. The molecule has 3 aromatic rings. The first-order valence-electron chi connectivity index (χ1n) is 8.54. The minimum Gasteiger partial charge on any atom is -0.364 e. The van der Waals surface area contributed by atoms with Gasteiger partial charge < -0.3 is 15.2 Å². The Hall–Kier alpha value is -3.29. The van der Waals surface area contributed by atoms with Crippen LogP contribution in [-0.2, 0) is 13.0 Å². The number of nitrogens with one attached hydrogen (secondary N) is 2. The van der Waals surface area contributed by atoms with E-state index in [2.05, 4.69) is 35.6 Å². The number of anilines is 2. The third-order valence-corrected chi connectivity index (χ3v) is 4.41. The number of hydrogen-bond donors (Lipinski definition) is 2. The predicted molar refractivity (Wildman–Crippen MR) is 96.9 cm³/mol. The summed E-state index contributed by atoms with van der Waals surface area (Å²) in [6.07, 6.45) is 1.83. The molecule has 0 fully saturated rings. The largest absolute Gasteiger partial charge is 0.364 e. The van der Waals surface area contributed by atoms with Gasteiger partial charge >= 0.3 is 0 Å². The number of para-hydroxylation sites is 1. The SMILES string of the molecule is Cc1nnc2n1C[C@@H](Nc1ccc(C(=O)Nc3ccccc3)nn1)CC2. The minimum atomic E-state index is -0.280. The van der Waals surface area contributed by atoms with Gasteiger partial charge in [-0.05, 0) is 37.6 Å². The normalized spacial score (nSPS) is 16.0. The molecule has 8 nitrogen and oxygen atoms in total. The zero-order chi connectivity index (χ0) is 17.9. The summed E-state index contributed by atoms with van der Waals surface area (Å²) in [5.74, 6) is 2.32. The highest BCUT2D eigenvalue weighted by molar-refractivity contribution is 6.02. The number of aromatic nitrogens is 5. The summed E-state index contributed by atoms with van der Waals surface area (Å²) in [6, 6.07) is 13.0. The fourth-order valence-corrected chi connectivity index (χ4v) is 3.04. The van der Waals surface area contributed by atoms with Gasteiger partial charge in [-0.1, -0.05) is 18.2 Å². The maximum Gasteiger partial charge on any atom is 0.276 e. The second kappa shape index (κ2) is 6.91. The van der Waals surface area contributed by atoms with Crippen LogP contribution < -0.4 is 10.6 Å². The molecular weight excluding hydrogens is 330 g/mol. The quantitative estimate of drug-likeness (QED) is 0.748. The molecule has 1 amide bonds. The first-order chi connectivity index (χ1) is 12.7. The van der Waals surface area contributed by atoms with Crippen molar-refractivity contribution in [3.8, 4) is 0 Å². The highest BCUT2D eigenvalue weighted by Crippen LogP contribution is 2.18. The summed E-state index contributed by atoms with van der Waals surface area (Å²) in [7, 11) is 0. The van der Waals surface area contributed by atoms with Gasteiger partial charge in [0.05, 0.1) is 0 Å². The van der Waals surface area contributed by atoms with Crippen molar-refractivity contribution in [3.05, 3.63) is 59.8 Å². The van der Waals surface area contributed by atoms with E-state index in [4.69, 9.17) is 0 Å². The van der Waals surface area contributed by atoms with Crippen molar-refractivity contribution in [2.45, 2.75) is 32.4 Å². The Kier molecular flexibility index (Phi) is 4.30. The molecule has 1 aliphatic heterocycles. The molecular formula is C18H19N7O. The fourth-order valence-electron chi connectivity index (χ4n) is 3.04. The summed E-state index contributed by atoms with van der Waals surface area (Å²) in [4.78, 5) is 12.2. The van der Waals surface area contributed by atoms with Crippen LogP contribution in [0.4, 0.5) is 11.5 Å². The molecule has 0 saturated carbocycles. The predicted octanol–water partition coefficient (Wildman–Crippen LogP) is 2.06. The van der Waals surface area contributed by atoms with Gasteiger partial charge in [0.1, 0.15) is 17.5 Å². The van der Waals surface area contributed by atoms with Crippen LogP contribution in [-0.4, -0.2) is 36.9 Å². The van der Waals surface area contributed by atoms with Gasteiger partial charge in [-0.25, -0.2) is 0 Å². The lowest BCUT2D eigenvalue weighted by Gasteiger charge is -2.25. The zero-order valence-electron chi connectivity index (χ0n) is 14.4. The van der Waals surface area contributed by atoms with Gasteiger partial charge in [0.2, 0.25) is 0 Å². The topological polar surface area (TPSA) is 97.6 Å². The van der Waals surface area contributed by atoms with Crippen LogP contribution in [0.15, 0.2) is 42.5 Å². The second-order valence-electron chi connectivity index (χ2n) is 6.28. The van der Waals surface area contributed by atoms with Crippen LogP contribution in [0.3, 0.4) is 0 Å². The lowest BCUT2D eigenvalue weighted by atomic mass is 10.1. The van der Waals surface area contributed by atoms with Crippen molar-refractivity contribution in [3.63, 3.8) is 0 Å². The molecule has 0 saturated heterocycles. The van der Waals surface area contributed by atoms with E-state index < -0.39 is 0 Å². The maximum atomic E-state index is 12.2. The molecule has 1 aliphatic rings. The van der Waals surface area contributed by atoms with E-state index in [0.717, 1.165) is 36.7 Å². The molecule has 26 heavy (non-hydrogen) atoms. The third kappa shape index (κ3) is 3.39. The maximum absolute atomic E-state index is 12.2. The van der Waals surface area contributed by atoms with E-state index in [9.17, 15) is 4.79 Å². The lowest BCUT2D eigenvalue weighted by Crippen LogP contribution is -2.32. The Labute approximate surface area is 150 Å².